The summed E-state index contributed by atoms with van der Waals surface area (Å²) < 4.78 is 13.4. The van der Waals surface area contributed by atoms with Crippen LogP contribution in [0.3, 0.4) is 0 Å². The highest BCUT2D eigenvalue weighted by atomic mass is 19.1. The van der Waals surface area contributed by atoms with Gasteiger partial charge in [0, 0.05) is 18.8 Å². The van der Waals surface area contributed by atoms with Gasteiger partial charge in [-0.05, 0) is 37.1 Å². The fourth-order valence-corrected chi connectivity index (χ4v) is 2.43. The van der Waals surface area contributed by atoms with Crippen LogP contribution in [-0.2, 0) is 0 Å². The number of benzene rings is 1. The molecule has 27 heavy (non-hydrogen) atoms. The van der Waals surface area contributed by atoms with E-state index in [1.807, 2.05) is 31.2 Å². The summed E-state index contributed by atoms with van der Waals surface area (Å²) >= 11 is 0. The molecule has 0 unspecified atom stereocenters. The van der Waals surface area contributed by atoms with Crippen LogP contribution in [0.15, 0.2) is 42.6 Å². The molecule has 3 aromatic rings. The molecule has 0 aliphatic rings. The average molecular weight is 366 g/mol. The van der Waals surface area contributed by atoms with Gasteiger partial charge in [-0.3, -0.25) is 4.79 Å². The van der Waals surface area contributed by atoms with Crippen molar-refractivity contribution in [3.8, 4) is 0 Å². The third-order valence-electron chi connectivity index (χ3n) is 3.95. The fourth-order valence-electron chi connectivity index (χ4n) is 2.43. The third-order valence-corrected chi connectivity index (χ3v) is 3.95. The Labute approximate surface area is 156 Å². The molecule has 7 nitrogen and oxygen atoms in total. The Balaban J connectivity index is 1.96. The van der Waals surface area contributed by atoms with Crippen molar-refractivity contribution in [2.45, 2.75) is 13.8 Å². The van der Waals surface area contributed by atoms with Crippen LogP contribution in [0.2, 0.25) is 0 Å². The first-order valence-corrected chi connectivity index (χ1v) is 8.29. The molecule has 0 atom stereocenters. The molecule has 0 bridgehead atoms. The molecule has 0 radical (unpaired) electrons. The van der Waals surface area contributed by atoms with E-state index < -0.39 is 0 Å². The average Bonchev–Trinajstić information content (AvgIpc) is 2.66. The minimum Gasteiger partial charge on any atom is -0.354 e. The molecule has 8 heteroatoms. The van der Waals surface area contributed by atoms with Crippen molar-refractivity contribution < 1.29 is 9.18 Å². The summed E-state index contributed by atoms with van der Waals surface area (Å²) in [5, 5.41) is 16.8. The molecule has 0 fully saturated rings. The number of anilines is 4. The molecular weight excluding hydrogens is 347 g/mol. The summed E-state index contributed by atoms with van der Waals surface area (Å²) in [6.45, 7) is 3.61. The standard InChI is InChI=1S/C19H19FN6O/c1-11-6-4-5-7-14(11)23-15-9-17(25-26-18(15)19(27)21-3)24-16-8-12(2)13(20)10-22-16/h4-10H,1-3H3,(H,21,27)(H2,22,23,24,25). The highest BCUT2D eigenvalue weighted by molar-refractivity contribution is 5.98. The van der Waals surface area contributed by atoms with Gasteiger partial charge in [0.25, 0.3) is 5.91 Å². The zero-order valence-electron chi connectivity index (χ0n) is 15.2. The number of nitrogens with zero attached hydrogens (tertiary/aromatic N) is 3. The predicted molar refractivity (Wildman–Crippen MR) is 102 cm³/mol. The van der Waals surface area contributed by atoms with E-state index in [1.54, 1.807) is 19.1 Å². The molecule has 0 aliphatic heterocycles. The topological polar surface area (TPSA) is 91.8 Å². The van der Waals surface area contributed by atoms with Gasteiger partial charge in [0.15, 0.2) is 11.5 Å². The van der Waals surface area contributed by atoms with E-state index in [4.69, 9.17) is 0 Å². The lowest BCUT2D eigenvalue weighted by atomic mass is 10.2. The molecule has 0 spiro atoms. The van der Waals surface area contributed by atoms with Crippen LogP contribution in [0.1, 0.15) is 21.6 Å². The molecule has 3 rings (SSSR count). The summed E-state index contributed by atoms with van der Waals surface area (Å²) in [6.07, 6.45) is 1.14. The van der Waals surface area contributed by atoms with Gasteiger partial charge < -0.3 is 16.0 Å². The van der Waals surface area contributed by atoms with Gasteiger partial charge in [-0.1, -0.05) is 18.2 Å². The highest BCUT2D eigenvalue weighted by Gasteiger charge is 2.15. The lowest BCUT2D eigenvalue weighted by Crippen LogP contribution is -2.21. The van der Waals surface area contributed by atoms with E-state index in [0.717, 1.165) is 17.4 Å². The number of hydrogen-bond donors (Lipinski definition) is 3. The van der Waals surface area contributed by atoms with Crippen LogP contribution in [0, 0.1) is 19.7 Å². The van der Waals surface area contributed by atoms with E-state index in [1.165, 1.54) is 7.05 Å². The van der Waals surface area contributed by atoms with Crippen molar-refractivity contribution in [1.29, 1.82) is 0 Å². The minimum atomic E-state index is -0.386. The van der Waals surface area contributed by atoms with Crippen LogP contribution >= 0.6 is 0 Å². The van der Waals surface area contributed by atoms with Gasteiger partial charge in [0.1, 0.15) is 11.6 Å². The summed E-state index contributed by atoms with van der Waals surface area (Å²) in [6, 6.07) is 10.9. The van der Waals surface area contributed by atoms with Crippen molar-refractivity contribution in [3.63, 3.8) is 0 Å². The van der Waals surface area contributed by atoms with E-state index in [-0.39, 0.29) is 17.4 Å². The van der Waals surface area contributed by atoms with E-state index in [2.05, 4.69) is 31.1 Å². The van der Waals surface area contributed by atoms with Crippen LogP contribution in [0.5, 0.6) is 0 Å². The van der Waals surface area contributed by atoms with Crippen LogP contribution in [0.4, 0.5) is 27.4 Å². The lowest BCUT2D eigenvalue weighted by Gasteiger charge is -2.14. The summed E-state index contributed by atoms with van der Waals surface area (Å²) in [5.74, 6) is 0.0550. The second-order valence-electron chi connectivity index (χ2n) is 5.95. The van der Waals surface area contributed by atoms with E-state index in [9.17, 15) is 9.18 Å². The molecule has 2 heterocycles. The van der Waals surface area contributed by atoms with Crippen LogP contribution in [-0.4, -0.2) is 28.1 Å². The first-order valence-electron chi connectivity index (χ1n) is 8.29. The van der Waals surface area contributed by atoms with Crippen molar-refractivity contribution in [1.82, 2.24) is 20.5 Å². The number of para-hydroxylation sites is 1. The quantitative estimate of drug-likeness (QED) is 0.640. The Hall–Kier alpha value is -3.55. The zero-order chi connectivity index (χ0) is 19.4. The van der Waals surface area contributed by atoms with Gasteiger partial charge in [-0.15, -0.1) is 10.2 Å². The van der Waals surface area contributed by atoms with Crippen LogP contribution < -0.4 is 16.0 Å². The second kappa shape index (κ2) is 7.77. The zero-order valence-corrected chi connectivity index (χ0v) is 15.2. The van der Waals surface area contributed by atoms with Gasteiger partial charge in [-0.25, -0.2) is 9.37 Å². The maximum absolute atomic E-state index is 13.4. The number of halogens is 1. The van der Waals surface area contributed by atoms with Gasteiger partial charge in [-0.2, -0.15) is 0 Å². The molecule has 138 valence electrons. The smallest absolute Gasteiger partial charge is 0.273 e. The molecule has 0 saturated heterocycles. The fraction of sp³-hybridized carbons (Fsp3) is 0.158. The Kier molecular flexibility index (Phi) is 5.25. The Bertz CT molecular complexity index is 992. The molecule has 0 saturated carbocycles. The largest absolute Gasteiger partial charge is 0.354 e. The third kappa shape index (κ3) is 4.17. The summed E-state index contributed by atoms with van der Waals surface area (Å²) in [4.78, 5) is 16.1. The minimum absolute atomic E-state index is 0.162. The molecule has 3 N–H and O–H groups in total. The molecular formula is C19H19FN6O. The number of carbonyl (C=O) groups is 1. The molecule has 0 aliphatic carbocycles. The second-order valence-corrected chi connectivity index (χ2v) is 5.95. The number of rotatable bonds is 5. The number of amides is 1. The predicted octanol–water partition coefficient (Wildman–Crippen LogP) is 3.47. The number of aryl methyl sites for hydroxylation is 2. The number of nitrogens with one attached hydrogen (secondary N) is 3. The molecule has 1 amide bonds. The molecule has 1 aromatic carbocycles. The summed E-state index contributed by atoms with van der Waals surface area (Å²) in [7, 11) is 1.53. The Morgan fingerprint density at radius 1 is 0.963 bits per heavy atom. The van der Waals surface area contributed by atoms with Gasteiger partial charge in [0.2, 0.25) is 0 Å². The maximum atomic E-state index is 13.4. The van der Waals surface area contributed by atoms with Crippen molar-refractivity contribution >= 4 is 28.9 Å². The number of carbonyl (C=O) groups excluding carboxylic acids is 1. The lowest BCUT2D eigenvalue weighted by molar-refractivity contribution is 0.0958. The van der Waals surface area contributed by atoms with Gasteiger partial charge in [0.05, 0.1) is 11.9 Å². The summed E-state index contributed by atoms with van der Waals surface area (Å²) in [5.41, 5.74) is 2.97. The normalized spacial score (nSPS) is 10.4. The van der Waals surface area contributed by atoms with E-state index in [0.29, 0.717) is 22.9 Å². The SMILES string of the molecule is CNC(=O)c1nnc(Nc2cc(C)c(F)cn2)cc1Nc1ccccc1C. The molecule has 2 aromatic heterocycles. The monoisotopic (exact) mass is 366 g/mol. The maximum Gasteiger partial charge on any atom is 0.273 e. The highest BCUT2D eigenvalue weighted by Crippen LogP contribution is 2.25. The number of aromatic nitrogens is 3. The first kappa shape index (κ1) is 18.2. The van der Waals surface area contributed by atoms with Crippen molar-refractivity contribution in [3.05, 3.63) is 65.2 Å². The van der Waals surface area contributed by atoms with E-state index >= 15 is 0 Å². The Morgan fingerprint density at radius 3 is 2.44 bits per heavy atom. The van der Waals surface area contributed by atoms with Crippen LogP contribution in [0.25, 0.3) is 0 Å². The van der Waals surface area contributed by atoms with Crippen molar-refractivity contribution in [2.24, 2.45) is 0 Å². The number of pyridine rings is 1. The Morgan fingerprint density at radius 2 is 1.74 bits per heavy atom. The number of hydrogen-bond acceptors (Lipinski definition) is 6. The first-order chi connectivity index (χ1) is 13.0. The van der Waals surface area contributed by atoms with Crippen molar-refractivity contribution in [2.75, 3.05) is 17.7 Å². The van der Waals surface area contributed by atoms with Gasteiger partial charge >= 0.3 is 0 Å².